The van der Waals surface area contributed by atoms with Crippen molar-refractivity contribution in [2.24, 2.45) is 0 Å². The number of amides is 2. The molecule has 2 fully saturated rings. The van der Waals surface area contributed by atoms with Gasteiger partial charge in [-0.25, -0.2) is 16.8 Å². The Balaban J connectivity index is 0.000000216. The summed E-state index contributed by atoms with van der Waals surface area (Å²) in [5, 5.41) is 34.1. The van der Waals surface area contributed by atoms with Crippen LogP contribution in [0.15, 0.2) is 130 Å². The molecule has 0 spiro atoms. The molecule has 0 aliphatic carbocycles. The van der Waals surface area contributed by atoms with Gasteiger partial charge in [0.05, 0.1) is 22.9 Å². The summed E-state index contributed by atoms with van der Waals surface area (Å²) in [6.45, 7) is 6.42. The van der Waals surface area contributed by atoms with Crippen molar-refractivity contribution in [2.45, 2.75) is 98.8 Å². The van der Waals surface area contributed by atoms with Gasteiger partial charge in [-0.1, -0.05) is 57.0 Å². The van der Waals surface area contributed by atoms with Gasteiger partial charge in [0.2, 0.25) is 0 Å². The highest BCUT2D eigenvalue weighted by Crippen LogP contribution is 2.31. The van der Waals surface area contributed by atoms with E-state index in [1.54, 1.807) is 24.3 Å². The largest absolute Gasteiger partial charge is 0.382 e. The van der Waals surface area contributed by atoms with E-state index in [1.807, 2.05) is 12.1 Å². The highest BCUT2D eigenvalue weighted by Gasteiger charge is 2.32. The number of benzene rings is 4. The van der Waals surface area contributed by atoms with Crippen molar-refractivity contribution in [2.75, 3.05) is 36.8 Å². The molecule has 2 saturated heterocycles. The molecule has 2 amide bonds. The van der Waals surface area contributed by atoms with E-state index in [9.17, 15) is 46.7 Å². The Kier molecular flexibility index (Phi) is 19.1. The minimum absolute atomic E-state index is 0.0919. The third-order valence-corrected chi connectivity index (χ3v) is 19.6. The zero-order valence-corrected chi connectivity index (χ0v) is 44.4. The van der Waals surface area contributed by atoms with Crippen molar-refractivity contribution in [3.63, 3.8) is 0 Å². The van der Waals surface area contributed by atoms with Gasteiger partial charge in [0.25, 0.3) is 43.2 Å². The standard InChI is InChI=1S/2C26H30N4O5S2/c1-2-5-19-6-3-4-7-24(19)28-21-14-16-29(17-15-21)37(34,35)25-13-12-23(36-25)18-27-26(31)20-8-10-22(11-9-20)30(32)33;1-2-3-19-4-8-21(9-5-19)28-22-14-16-29(17-15-22)37(34,35)25-13-12-24(36-25)18-27-26(31)20-6-10-23(11-7-20)30(32)33/h3-4,6-13,21,28H,2,5,14-18H2,1H3,(H,27,31);4-13,22,28H,2-3,14-18H2,1H3,(H,27,31). The van der Waals surface area contributed by atoms with Gasteiger partial charge in [0.15, 0.2) is 0 Å². The Morgan fingerprint density at radius 3 is 1.43 bits per heavy atom. The molecule has 2 aromatic heterocycles. The third-order valence-electron chi connectivity index (χ3n) is 12.7. The van der Waals surface area contributed by atoms with E-state index in [1.165, 1.54) is 68.3 Å². The average Bonchev–Trinajstić information content (AvgIpc) is 4.11. The predicted molar refractivity (Wildman–Crippen MR) is 289 cm³/mol. The fourth-order valence-corrected chi connectivity index (χ4v) is 14.4. The van der Waals surface area contributed by atoms with Crippen molar-refractivity contribution in [1.82, 2.24) is 19.2 Å². The van der Waals surface area contributed by atoms with Crippen LogP contribution in [0.1, 0.15) is 94.0 Å². The Hall–Kier alpha value is -6.56. The zero-order valence-electron chi connectivity index (χ0n) is 41.1. The molecular weight excluding hydrogens is 1020 g/mol. The second-order valence-corrected chi connectivity index (χ2v) is 24.6. The van der Waals surface area contributed by atoms with Gasteiger partial charge in [0, 0.05) is 94.8 Å². The Morgan fingerprint density at radius 2 is 1.00 bits per heavy atom. The normalized spacial score (nSPS) is 14.8. The second-order valence-electron chi connectivity index (χ2n) is 17.9. The lowest BCUT2D eigenvalue weighted by Crippen LogP contribution is -2.42. The van der Waals surface area contributed by atoms with Gasteiger partial charge in [0.1, 0.15) is 8.42 Å². The van der Waals surface area contributed by atoms with Crippen LogP contribution in [-0.2, 0) is 46.0 Å². The first-order valence-corrected chi connectivity index (χ1v) is 29.0. The number of thiophene rings is 2. The first-order valence-electron chi connectivity index (χ1n) is 24.5. The minimum Gasteiger partial charge on any atom is -0.382 e. The number of hydrogen-bond donors (Lipinski definition) is 4. The summed E-state index contributed by atoms with van der Waals surface area (Å²) in [5.41, 5.74) is 5.19. The van der Waals surface area contributed by atoms with Gasteiger partial charge < -0.3 is 21.3 Å². The maximum Gasteiger partial charge on any atom is 0.269 e. The van der Waals surface area contributed by atoms with Gasteiger partial charge in [-0.05, 0) is 116 Å². The number of nitro groups is 2. The predicted octanol–water partition coefficient (Wildman–Crippen LogP) is 9.61. The minimum atomic E-state index is -3.61. The Bertz CT molecular complexity index is 3100. The molecule has 4 heterocycles. The van der Waals surface area contributed by atoms with E-state index < -0.39 is 29.9 Å². The molecule has 392 valence electrons. The monoisotopic (exact) mass is 1080 g/mol. The van der Waals surface area contributed by atoms with Crippen molar-refractivity contribution < 1.29 is 36.3 Å². The quantitative estimate of drug-likeness (QED) is 0.0413. The molecule has 0 unspecified atom stereocenters. The molecule has 74 heavy (non-hydrogen) atoms. The molecule has 18 nitrogen and oxygen atoms in total. The smallest absolute Gasteiger partial charge is 0.269 e. The molecule has 2 aliphatic rings. The van der Waals surface area contributed by atoms with Gasteiger partial charge >= 0.3 is 0 Å². The number of aryl methyl sites for hydroxylation is 2. The number of rotatable bonds is 20. The molecule has 8 rings (SSSR count). The second kappa shape index (κ2) is 25.6. The third kappa shape index (κ3) is 14.6. The lowest BCUT2D eigenvalue weighted by Gasteiger charge is -2.32. The van der Waals surface area contributed by atoms with Crippen LogP contribution in [0.3, 0.4) is 0 Å². The van der Waals surface area contributed by atoms with E-state index >= 15 is 0 Å². The van der Waals surface area contributed by atoms with Gasteiger partial charge in [-0.2, -0.15) is 8.61 Å². The molecule has 6 aromatic rings. The number of sulfonamides is 2. The van der Waals surface area contributed by atoms with E-state index in [2.05, 4.69) is 71.5 Å². The number of hydrogen-bond acceptors (Lipinski definition) is 14. The lowest BCUT2D eigenvalue weighted by molar-refractivity contribution is -0.385. The van der Waals surface area contributed by atoms with Crippen LogP contribution in [0, 0.1) is 20.2 Å². The molecule has 0 saturated carbocycles. The Labute approximate surface area is 439 Å². The first kappa shape index (κ1) is 55.2. The molecule has 2 aliphatic heterocycles. The number of carbonyl (C=O) groups is 2. The van der Waals surface area contributed by atoms with Crippen molar-refractivity contribution in [3.8, 4) is 0 Å². The van der Waals surface area contributed by atoms with Gasteiger partial charge in [-0.15, -0.1) is 22.7 Å². The molecule has 0 atom stereocenters. The highest BCUT2D eigenvalue weighted by molar-refractivity contribution is 7.91. The molecular formula is C52H60N8O10S4. The van der Waals surface area contributed by atoms with Crippen LogP contribution in [0.4, 0.5) is 22.7 Å². The summed E-state index contributed by atoms with van der Waals surface area (Å²) in [5.74, 6) is -0.773. The van der Waals surface area contributed by atoms with Crippen molar-refractivity contribution in [1.29, 1.82) is 0 Å². The average molecular weight is 1090 g/mol. The summed E-state index contributed by atoms with van der Waals surface area (Å²) in [6, 6.07) is 34.3. The van der Waals surface area contributed by atoms with Crippen LogP contribution in [0.5, 0.6) is 0 Å². The van der Waals surface area contributed by atoms with E-state index in [-0.39, 0.29) is 56.8 Å². The van der Waals surface area contributed by atoms with Crippen molar-refractivity contribution >= 4 is 77.3 Å². The number of piperidine rings is 2. The van der Waals surface area contributed by atoms with Crippen LogP contribution in [0.25, 0.3) is 0 Å². The van der Waals surface area contributed by atoms with Crippen molar-refractivity contribution in [3.05, 3.63) is 174 Å². The maximum absolute atomic E-state index is 13.2. The fraction of sp³-hybridized carbons (Fsp3) is 0.346. The number of non-ortho nitro benzene ring substituents is 2. The van der Waals surface area contributed by atoms with Crippen LogP contribution < -0.4 is 21.3 Å². The van der Waals surface area contributed by atoms with E-state index in [4.69, 9.17) is 0 Å². The summed E-state index contributed by atoms with van der Waals surface area (Å²) < 4.78 is 56.4. The summed E-state index contributed by atoms with van der Waals surface area (Å²) in [4.78, 5) is 46.6. The topological polar surface area (TPSA) is 243 Å². The number of nitrogens with zero attached hydrogens (tertiary/aromatic N) is 4. The molecule has 4 aromatic carbocycles. The van der Waals surface area contributed by atoms with Gasteiger partial charge in [-0.3, -0.25) is 29.8 Å². The number of para-hydroxylation sites is 1. The zero-order chi connectivity index (χ0) is 52.8. The SMILES string of the molecule is CCCc1ccc(NC2CCN(S(=O)(=O)c3ccc(CNC(=O)c4ccc([N+](=O)[O-])cc4)s3)CC2)cc1.CCCc1ccccc1NC1CCN(S(=O)(=O)c2ccc(CNC(=O)c3ccc([N+](=O)[O-])cc3)s2)CC1. The van der Waals surface area contributed by atoms with E-state index in [0.717, 1.165) is 85.4 Å². The first-order chi connectivity index (χ1) is 35.5. The molecule has 22 heteroatoms. The van der Waals surface area contributed by atoms with Crippen LogP contribution in [0.2, 0.25) is 0 Å². The number of carbonyl (C=O) groups excluding carboxylic acids is 2. The van der Waals surface area contributed by atoms with E-state index in [0.29, 0.717) is 47.1 Å². The number of anilines is 2. The molecule has 0 bridgehead atoms. The van der Waals surface area contributed by atoms with Crippen LogP contribution >= 0.6 is 22.7 Å². The maximum atomic E-state index is 13.2. The summed E-state index contributed by atoms with van der Waals surface area (Å²) in [6.07, 6.45) is 7.14. The Morgan fingerprint density at radius 1 is 0.568 bits per heavy atom. The number of nitrogens with one attached hydrogen (secondary N) is 4. The fourth-order valence-electron chi connectivity index (χ4n) is 8.59. The van der Waals surface area contributed by atoms with Crippen LogP contribution in [-0.4, -0.2) is 85.4 Å². The summed E-state index contributed by atoms with van der Waals surface area (Å²) in [7, 11) is -7.22. The highest BCUT2D eigenvalue weighted by atomic mass is 32.3. The molecule has 4 N–H and O–H groups in total. The number of nitro benzene ring substituents is 2. The summed E-state index contributed by atoms with van der Waals surface area (Å²) >= 11 is 2.27. The molecule has 0 radical (unpaired) electrons. The lowest BCUT2D eigenvalue weighted by atomic mass is 10.0.